The highest BCUT2D eigenvalue weighted by atomic mass is 16.4. The molecule has 0 heterocycles. The van der Waals surface area contributed by atoms with Crippen LogP contribution < -0.4 is 5.32 Å². The summed E-state index contributed by atoms with van der Waals surface area (Å²) in [7, 11) is 0. The first-order chi connectivity index (χ1) is 9.02. The van der Waals surface area contributed by atoms with Gasteiger partial charge in [-0.05, 0) is 68.1 Å². The third kappa shape index (κ3) is 2.49. The van der Waals surface area contributed by atoms with Crippen molar-refractivity contribution in [2.45, 2.75) is 51.5 Å². The SMILES string of the molecule is CC(=O)NC(CC1C2CC3CC(C2)CC1C3)C(=O)O. The van der Waals surface area contributed by atoms with E-state index in [1.807, 2.05) is 0 Å². The monoisotopic (exact) mass is 265 g/mol. The Kier molecular flexibility index (Phi) is 3.27. The number of carbonyl (C=O) groups excluding carboxylic acids is 1. The van der Waals surface area contributed by atoms with Crippen LogP contribution in [0.1, 0.15) is 45.4 Å². The average molecular weight is 265 g/mol. The van der Waals surface area contributed by atoms with Gasteiger partial charge in [0.1, 0.15) is 6.04 Å². The average Bonchev–Trinajstić information content (AvgIpc) is 2.30. The van der Waals surface area contributed by atoms with Crippen molar-refractivity contribution in [1.82, 2.24) is 5.32 Å². The molecule has 4 saturated carbocycles. The number of nitrogens with one attached hydrogen (secondary N) is 1. The molecule has 19 heavy (non-hydrogen) atoms. The minimum absolute atomic E-state index is 0.240. The van der Waals surface area contributed by atoms with Crippen LogP contribution in [0, 0.1) is 29.6 Å². The first kappa shape index (κ1) is 12.9. The molecule has 1 atom stereocenters. The van der Waals surface area contributed by atoms with Gasteiger partial charge >= 0.3 is 5.97 Å². The second-order valence-electron chi connectivity index (χ2n) is 6.92. The number of rotatable bonds is 4. The summed E-state index contributed by atoms with van der Waals surface area (Å²) in [6.45, 7) is 1.40. The molecule has 4 bridgehead atoms. The molecular weight excluding hydrogens is 242 g/mol. The predicted molar refractivity (Wildman–Crippen MR) is 70.4 cm³/mol. The van der Waals surface area contributed by atoms with Crippen molar-refractivity contribution >= 4 is 11.9 Å². The van der Waals surface area contributed by atoms with Crippen LogP contribution in [0.15, 0.2) is 0 Å². The molecule has 0 aromatic carbocycles. The second-order valence-corrected chi connectivity index (χ2v) is 6.92. The quantitative estimate of drug-likeness (QED) is 0.817. The summed E-state index contributed by atoms with van der Waals surface area (Å²) >= 11 is 0. The van der Waals surface area contributed by atoms with Crippen molar-refractivity contribution in [3.05, 3.63) is 0 Å². The lowest BCUT2D eigenvalue weighted by Gasteiger charge is -2.55. The molecule has 0 radical (unpaired) electrons. The maximum absolute atomic E-state index is 11.3. The number of carboxylic acids is 1. The Morgan fingerprint density at radius 1 is 1.11 bits per heavy atom. The Balaban J connectivity index is 1.68. The van der Waals surface area contributed by atoms with E-state index in [-0.39, 0.29) is 5.91 Å². The van der Waals surface area contributed by atoms with E-state index in [0.717, 1.165) is 11.8 Å². The summed E-state index contributed by atoms with van der Waals surface area (Å²) in [5.41, 5.74) is 0. The molecule has 2 N–H and O–H groups in total. The maximum Gasteiger partial charge on any atom is 0.326 e. The van der Waals surface area contributed by atoms with Crippen LogP contribution >= 0.6 is 0 Å². The summed E-state index contributed by atoms with van der Waals surface area (Å²) in [6, 6.07) is -0.694. The topological polar surface area (TPSA) is 66.4 Å². The van der Waals surface area contributed by atoms with Crippen molar-refractivity contribution in [2.24, 2.45) is 29.6 Å². The van der Waals surface area contributed by atoms with Gasteiger partial charge in [0.2, 0.25) is 5.91 Å². The van der Waals surface area contributed by atoms with Gasteiger partial charge in [-0.25, -0.2) is 4.79 Å². The standard InChI is InChI=1S/C15H23NO3/c1-8(17)16-14(15(18)19)7-13-11-3-9-2-10(5-11)6-12(13)4-9/h9-14H,2-7H2,1H3,(H,16,17)(H,18,19). The third-order valence-electron chi connectivity index (χ3n) is 5.61. The van der Waals surface area contributed by atoms with E-state index in [1.165, 1.54) is 39.0 Å². The fourth-order valence-corrected chi connectivity index (χ4v) is 5.16. The summed E-state index contributed by atoms with van der Waals surface area (Å²) in [4.78, 5) is 22.4. The van der Waals surface area contributed by atoms with Crippen molar-refractivity contribution in [1.29, 1.82) is 0 Å². The zero-order valence-electron chi connectivity index (χ0n) is 11.5. The Hall–Kier alpha value is -1.06. The third-order valence-corrected chi connectivity index (χ3v) is 5.61. The number of hydrogen-bond donors (Lipinski definition) is 2. The zero-order chi connectivity index (χ0) is 13.6. The highest BCUT2D eigenvalue weighted by molar-refractivity contribution is 5.82. The molecule has 4 rings (SSSR count). The molecule has 4 fully saturated rings. The van der Waals surface area contributed by atoms with Crippen LogP contribution in [0.2, 0.25) is 0 Å². The van der Waals surface area contributed by atoms with Crippen LogP contribution in [-0.2, 0) is 9.59 Å². The molecule has 0 saturated heterocycles. The summed E-state index contributed by atoms with van der Waals surface area (Å²) in [5.74, 6) is 2.63. The maximum atomic E-state index is 11.3. The fraction of sp³-hybridized carbons (Fsp3) is 0.867. The van der Waals surface area contributed by atoms with E-state index < -0.39 is 12.0 Å². The zero-order valence-corrected chi connectivity index (χ0v) is 11.5. The lowest BCUT2D eigenvalue weighted by molar-refractivity contribution is -0.143. The first-order valence-electron chi connectivity index (χ1n) is 7.52. The van der Waals surface area contributed by atoms with Crippen LogP contribution in [-0.4, -0.2) is 23.0 Å². The molecule has 0 aromatic heterocycles. The van der Waals surface area contributed by atoms with Gasteiger partial charge in [-0.1, -0.05) is 0 Å². The van der Waals surface area contributed by atoms with Gasteiger partial charge in [0.15, 0.2) is 0 Å². The van der Waals surface area contributed by atoms with E-state index in [0.29, 0.717) is 24.2 Å². The first-order valence-corrected chi connectivity index (χ1v) is 7.52. The molecule has 4 aliphatic carbocycles. The minimum Gasteiger partial charge on any atom is -0.480 e. The van der Waals surface area contributed by atoms with Crippen molar-refractivity contribution < 1.29 is 14.7 Å². The molecule has 4 aliphatic rings. The highest BCUT2D eigenvalue weighted by Gasteiger charge is 2.48. The lowest BCUT2D eigenvalue weighted by Crippen LogP contribution is -2.49. The molecular formula is C15H23NO3. The number of carbonyl (C=O) groups is 2. The molecule has 4 heteroatoms. The van der Waals surface area contributed by atoms with Crippen LogP contribution in [0.4, 0.5) is 0 Å². The summed E-state index contributed by atoms with van der Waals surface area (Å²) < 4.78 is 0. The lowest BCUT2D eigenvalue weighted by atomic mass is 9.51. The van der Waals surface area contributed by atoms with Gasteiger partial charge in [-0.3, -0.25) is 4.79 Å². The Bertz CT molecular complexity index is 365. The number of hydrogen-bond acceptors (Lipinski definition) is 2. The van der Waals surface area contributed by atoms with Gasteiger partial charge in [-0.15, -0.1) is 0 Å². The van der Waals surface area contributed by atoms with Crippen molar-refractivity contribution in [2.75, 3.05) is 0 Å². The molecule has 1 amide bonds. The summed E-state index contributed by atoms with van der Waals surface area (Å²) in [5, 5.41) is 11.9. The second kappa shape index (κ2) is 4.80. The van der Waals surface area contributed by atoms with E-state index in [1.54, 1.807) is 0 Å². The Labute approximate surface area is 113 Å². The molecule has 0 aliphatic heterocycles. The Morgan fingerprint density at radius 2 is 1.63 bits per heavy atom. The number of aliphatic carboxylic acids is 1. The van der Waals surface area contributed by atoms with E-state index in [4.69, 9.17) is 0 Å². The number of amides is 1. The van der Waals surface area contributed by atoms with Crippen LogP contribution in [0.3, 0.4) is 0 Å². The van der Waals surface area contributed by atoms with Gasteiger partial charge < -0.3 is 10.4 Å². The molecule has 1 unspecified atom stereocenters. The minimum atomic E-state index is -0.885. The van der Waals surface area contributed by atoms with Crippen molar-refractivity contribution in [3.63, 3.8) is 0 Å². The molecule has 0 spiro atoms. The van der Waals surface area contributed by atoms with Crippen LogP contribution in [0.5, 0.6) is 0 Å². The van der Waals surface area contributed by atoms with Gasteiger partial charge in [0.25, 0.3) is 0 Å². The van der Waals surface area contributed by atoms with E-state index in [2.05, 4.69) is 5.32 Å². The molecule has 4 nitrogen and oxygen atoms in total. The highest BCUT2D eigenvalue weighted by Crippen LogP contribution is 2.57. The smallest absolute Gasteiger partial charge is 0.326 e. The van der Waals surface area contributed by atoms with Gasteiger partial charge in [0.05, 0.1) is 0 Å². The van der Waals surface area contributed by atoms with Gasteiger partial charge in [-0.2, -0.15) is 0 Å². The molecule has 106 valence electrons. The van der Waals surface area contributed by atoms with Crippen molar-refractivity contribution in [3.8, 4) is 0 Å². The normalized spacial score (nSPS) is 41.0. The predicted octanol–water partition coefficient (Wildman–Crippen LogP) is 2.04. The van der Waals surface area contributed by atoms with Crippen LogP contribution in [0.25, 0.3) is 0 Å². The van der Waals surface area contributed by atoms with Gasteiger partial charge in [0, 0.05) is 6.92 Å². The molecule has 0 aromatic rings. The summed E-state index contributed by atoms with van der Waals surface area (Å²) in [6.07, 6.45) is 7.22. The Morgan fingerprint density at radius 3 is 2.05 bits per heavy atom. The fourth-order valence-electron chi connectivity index (χ4n) is 5.16. The number of carboxylic acid groups (broad SMARTS) is 1. The van der Waals surface area contributed by atoms with E-state index >= 15 is 0 Å². The largest absolute Gasteiger partial charge is 0.480 e. The van der Waals surface area contributed by atoms with E-state index in [9.17, 15) is 14.7 Å².